The summed E-state index contributed by atoms with van der Waals surface area (Å²) in [6, 6.07) is 9.82. The number of nitrogens with zero attached hydrogens (tertiary/aromatic N) is 3. The molecular weight excluding hydrogens is 637 g/mol. The fourth-order valence-corrected chi connectivity index (χ4v) is 8.58. The highest BCUT2D eigenvalue weighted by atomic mass is 79.9. The van der Waals surface area contributed by atoms with Crippen LogP contribution in [0.5, 0.6) is 0 Å². The molecule has 2 unspecified atom stereocenters. The van der Waals surface area contributed by atoms with Gasteiger partial charge in [0, 0.05) is 33.6 Å². The number of benzene rings is 2. The Bertz CT molecular complexity index is 1590. The Morgan fingerprint density at radius 2 is 1.88 bits per heavy atom. The highest BCUT2D eigenvalue weighted by Crippen LogP contribution is 2.47. The Kier molecular flexibility index (Phi) is 7.07. The largest absolute Gasteiger partial charge is 0.465 e. The lowest BCUT2D eigenvalue weighted by Crippen LogP contribution is -2.45. The summed E-state index contributed by atoms with van der Waals surface area (Å²) < 4.78 is 19.1. The maximum absolute atomic E-state index is 12.1. The van der Waals surface area contributed by atoms with Gasteiger partial charge in [0.1, 0.15) is 11.5 Å². The Labute approximate surface area is 253 Å². The molecule has 2 aromatic carbocycles. The topological polar surface area (TPSA) is 77.7 Å². The van der Waals surface area contributed by atoms with Crippen molar-refractivity contribution in [3.63, 3.8) is 0 Å². The van der Waals surface area contributed by atoms with E-state index < -0.39 is 0 Å². The standard InChI is InChI=1S/C29H26BrCl2N3O4S/c1-37-28(36)15-9-20(30)26-23(10-15)40-29(33-26)35-16-7-8-17(35)12-18(11-16)38-13-19-25(34-39-27(19)14-5-6-14)24-21(31)3-2-4-22(24)32/h2-4,9-10,14,16-18H,5-8,11-13H2,1H3. The van der Waals surface area contributed by atoms with Gasteiger partial charge in [-0.3, -0.25) is 0 Å². The van der Waals surface area contributed by atoms with Crippen LogP contribution in [0.3, 0.4) is 0 Å². The molecule has 1 saturated carbocycles. The van der Waals surface area contributed by atoms with Gasteiger partial charge >= 0.3 is 5.97 Å². The first-order valence-corrected chi connectivity index (χ1v) is 15.8. The second kappa shape index (κ2) is 10.6. The molecule has 208 valence electrons. The molecule has 11 heteroatoms. The molecule has 7 nitrogen and oxygen atoms in total. The van der Waals surface area contributed by atoms with Crippen LogP contribution in [0.4, 0.5) is 5.13 Å². The van der Waals surface area contributed by atoms with E-state index in [0.717, 1.165) is 69.7 Å². The second-order valence-electron chi connectivity index (χ2n) is 10.7. The lowest BCUT2D eigenvalue weighted by Gasteiger charge is -2.38. The molecule has 0 radical (unpaired) electrons. The van der Waals surface area contributed by atoms with Gasteiger partial charge in [-0.25, -0.2) is 9.78 Å². The maximum Gasteiger partial charge on any atom is 0.337 e. The Hall–Kier alpha value is -2.17. The molecule has 3 fully saturated rings. The maximum atomic E-state index is 12.1. The molecule has 4 heterocycles. The van der Waals surface area contributed by atoms with Gasteiger partial charge in [-0.05, 0) is 78.7 Å². The number of aromatic nitrogens is 2. The number of thiazole rings is 1. The molecule has 7 rings (SSSR count). The van der Waals surface area contributed by atoms with Crippen molar-refractivity contribution in [1.29, 1.82) is 0 Å². The van der Waals surface area contributed by atoms with Crippen LogP contribution in [-0.4, -0.2) is 41.4 Å². The van der Waals surface area contributed by atoms with Crippen LogP contribution in [-0.2, 0) is 16.1 Å². The van der Waals surface area contributed by atoms with Crippen LogP contribution < -0.4 is 4.90 Å². The van der Waals surface area contributed by atoms with Crippen molar-refractivity contribution in [3.8, 4) is 11.3 Å². The molecule has 40 heavy (non-hydrogen) atoms. The van der Waals surface area contributed by atoms with Crippen molar-refractivity contribution >= 4 is 71.8 Å². The van der Waals surface area contributed by atoms with E-state index in [4.69, 9.17) is 42.2 Å². The third-order valence-electron chi connectivity index (χ3n) is 8.20. The summed E-state index contributed by atoms with van der Waals surface area (Å²) in [5.74, 6) is 0.934. The van der Waals surface area contributed by atoms with Crippen LogP contribution in [0.2, 0.25) is 10.0 Å². The summed E-state index contributed by atoms with van der Waals surface area (Å²) in [6.07, 6.45) is 6.38. The first-order chi connectivity index (χ1) is 19.4. The molecule has 2 saturated heterocycles. The number of esters is 1. The molecular formula is C29H26BrCl2N3O4S. The quantitative estimate of drug-likeness (QED) is 0.184. The highest BCUT2D eigenvalue weighted by Gasteiger charge is 2.43. The first-order valence-electron chi connectivity index (χ1n) is 13.4. The van der Waals surface area contributed by atoms with E-state index in [1.165, 1.54) is 7.11 Å². The van der Waals surface area contributed by atoms with Crippen molar-refractivity contribution in [1.82, 2.24) is 10.1 Å². The summed E-state index contributed by atoms with van der Waals surface area (Å²) in [5, 5.41) is 6.51. The van der Waals surface area contributed by atoms with Crippen molar-refractivity contribution < 1.29 is 18.8 Å². The van der Waals surface area contributed by atoms with Gasteiger partial charge in [-0.15, -0.1) is 0 Å². The molecule has 2 atom stereocenters. The summed E-state index contributed by atoms with van der Waals surface area (Å²) in [7, 11) is 1.39. The van der Waals surface area contributed by atoms with Crippen molar-refractivity contribution in [2.45, 2.75) is 69.2 Å². The van der Waals surface area contributed by atoms with E-state index in [1.807, 2.05) is 24.3 Å². The smallest absolute Gasteiger partial charge is 0.337 e. The molecule has 1 aliphatic carbocycles. The van der Waals surface area contributed by atoms with Gasteiger partial charge in [0.25, 0.3) is 0 Å². The van der Waals surface area contributed by atoms with Gasteiger partial charge in [0.2, 0.25) is 0 Å². The van der Waals surface area contributed by atoms with Crippen molar-refractivity contribution in [2.75, 3.05) is 12.0 Å². The predicted molar refractivity (Wildman–Crippen MR) is 160 cm³/mol. The van der Waals surface area contributed by atoms with E-state index >= 15 is 0 Å². The van der Waals surface area contributed by atoms with Crippen LogP contribution in [0.25, 0.3) is 21.5 Å². The number of methoxy groups -OCH3 is 1. The lowest BCUT2D eigenvalue weighted by molar-refractivity contribution is 0.0147. The summed E-state index contributed by atoms with van der Waals surface area (Å²) >= 11 is 18.3. The number of anilines is 1. The Balaban J connectivity index is 1.10. The number of piperidine rings is 1. The van der Waals surface area contributed by atoms with Crippen LogP contribution in [0, 0.1) is 0 Å². The summed E-state index contributed by atoms with van der Waals surface area (Å²) in [4.78, 5) is 19.5. The number of halogens is 3. The van der Waals surface area contributed by atoms with Gasteiger partial charge in [-0.1, -0.05) is 45.8 Å². The van der Waals surface area contributed by atoms with Crippen LogP contribution >= 0.6 is 50.5 Å². The van der Waals surface area contributed by atoms with Gasteiger partial charge in [0.05, 0.1) is 45.6 Å². The molecule has 2 aromatic heterocycles. The molecule has 0 N–H and O–H groups in total. The third-order valence-corrected chi connectivity index (χ3v) is 10.4. The molecule has 3 aliphatic rings. The predicted octanol–water partition coefficient (Wildman–Crippen LogP) is 8.40. The number of carbonyl (C=O) groups excluding carboxylic acids is 1. The molecule has 0 amide bonds. The second-order valence-corrected chi connectivity index (χ2v) is 13.4. The van der Waals surface area contributed by atoms with Gasteiger partial charge in [-0.2, -0.15) is 0 Å². The Morgan fingerprint density at radius 3 is 2.55 bits per heavy atom. The average molecular weight is 663 g/mol. The van der Waals surface area contributed by atoms with E-state index in [9.17, 15) is 4.79 Å². The molecule has 2 bridgehead atoms. The van der Waals surface area contributed by atoms with Gasteiger partial charge in [0.15, 0.2) is 5.13 Å². The van der Waals surface area contributed by atoms with Gasteiger partial charge < -0.3 is 18.9 Å². The molecule has 0 spiro atoms. The minimum Gasteiger partial charge on any atom is -0.465 e. The lowest BCUT2D eigenvalue weighted by atomic mass is 10.00. The number of rotatable bonds is 7. The normalized spacial score (nSPS) is 22.3. The van der Waals surface area contributed by atoms with E-state index in [0.29, 0.717) is 51.5 Å². The summed E-state index contributed by atoms with van der Waals surface area (Å²) in [6.45, 7) is 0.417. The highest BCUT2D eigenvalue weighted by molar-refractivity contribution is 9.10. The molecule has 4 aromatic rings. The Morgan fingerprint density at radius 1 is 1.15 bits per heavy atom. The number of fused-ring (bicyclic) bond motifs is 3. The first kappa shape index (κ1) is 26.7. The van der Waals surface area contributed by atoms with Crippen LogP contribution in [0.1, 0.15) is 66.1 Å². The number of carbonyl (C=O) groups is 1. The SMILES string of the molecule is COC(=O)c1cc(Br)c2nc(N3C4CCC3CC(OCc3c(-c5c(Cl)cccc5Cl)noc3C3CC3)C4)sc2c1. The summed E-state index contributed by atoms with van der Waals surface area (Å²) in [5.41, 5.74) is 3.74. The average Bonchev–Trinajstić information content (AvgIpc) is 3.46. The van der Waals surface area contributed by atoms with E-state index in [-0.39, 0.29) is 12.1 Å². The monoisotopic (exact) mass is 661 g/mol. The minimum atomic E-state index is -0.354. The fourth-order valence-electron chi connectivity index (χ4n) is 6.15. The zero-order valence-corrected chi connectivity index (χ0v) is 25.6. The number of ether oxygens (including phenoxy) is 2. The minimum absolute atomic E-state index is 0.123. The van der Waals surface area contributed by atoms with E-state index in [2.05, 4.69) is 26.0 Å². The molecule has 2 aliphatic heterocycles. The van der Waals surface area contributed by atoms with Crippen molar-refractivity contribution in [2.24, 2.45) is 0 Å². The van der Waals surface area contributed by atoms with Crippen molar-refractivity contribution in [3.05, 3.63) is 61.7 Å². The number of hydrogen-bond acceptors (Lipinski definition) is 8. The van der Waals surface area contributed by atoms with E-state index in [1.54, 1.807) is 17.4 Å². The zero-order chi connectivity index (χ0) is 27.5. The fraction of sp³-hybridized carbons (Fsp3) is 0.414. The van der Waals surface area contributed by atoms with Crippen LogP contribution in [0.15, 0.2) is 39.3 Å². The number of hydrogen-bond donors (Lipinski definition) is 0. The zero-order valence-electron chi connectivity index (χ0n) is 21.7. The third kappa shape index (κ3) is 4.73.